The van der Waals surface area contributed by atoms with Crippen LogP contribution in [0.5, 0.6) is 0 Å². The number of carbonyl (C=O) groups is 1. The first-order valence-corrected chi connectivity index (χ1v) is 8.84. The lowest BCUT2D eigenvalue weighted by molar-refractivity contribution is -0.383. The van der Waals surface area contributed by atoms with Crippen molar-refractivity contribution in [3.8, 4) is 0 Å². The number of aromatic nitrogens is 3. The van der Waals surface area contributed by atoms with E-state index in [-0.39, 0.29) is 17.2 Å². The summed E-state index contributed by atoms with van der Waals surface area (Å²) in [6.45, 7) is 0. The molecule has 2 heterocycles. The Labute approximate surface area is 170 Å². The first kappa shape index (κ1) is 18.7. The number of anilines is 3. The molecule has 10 nitrogen and oxygen atoms in total. The minimum Gasteiger partial charge on any atom is -0.334 e. The number of nitro groups is 1. The summed E-state index contributed by atoms with van der Waals surface area (Å²) in [4.78, 5) is 35.1. The van der Waals surface area contributed by atoms with Gasteiger partial charge in [0.2, 0.25) is 11.6 Å². The third kappa shape index (κ3) is 3.83. The highest BCUT2D eigenvalue weighted by molar-refractivity contribution is 5.96. The third-order valence-corrected chi connectivity index (χ3v) is 4.27. The minimum atomic E-state index is -0.619. The number of benzene rings is 2. The van der Waals surface area contributed by atoms with Gasteiger partial charge >= 0.3 is 5.69 Å². The summed E-state index contributed by atoms with van der Waals surface area (Å²) < 4.78 is 0. The average molecular weight is 401 g/mol. The highest BCUT2D eigenvalue weighted by Gasteiger charge is 2.24. The Balaban J connectivity index is 1.63. The van der Waals surface area contributed by atoms with Gasteiger partial charge < -0.3 is 5.32 Å². The Kier molecular flexibility index (Phi) is 5.12. The van der Waals surface area contributed by atoms with Crippen LogP contribution in [0.2, 0.25) is 0 Å². The van der Waals surface area contributed by atoms with E-state index in [1.165, 1.54) is 18.7 Å². The van der Waals surface area contributed by atoms with Crippen LogP contribution < -0.4 is 16.2 Å². The van der Waals surface area contributed by atoms with Crippen LogP contribution in [0.15, 0.2) is 73.3 Å². The van der Waals surface area contributed by atoms with E-state index in [0.717, 1.165) is 10.8 Å². The highest BCUT2D eigenvalue weighted by atomic mass is 16.6. The molecular formula is C20H15N7O3. The van der Waals surface area contributed by atoms with E-state index in [0.29, 0.717) is 5.69 Å². The first-order valence-electron chi connectivity index (χ1n) is 8.84. The lowest BCUT2D eigenvalue weighted by atomic mass is 10.1. The van der Waals surface area contributed by atoms with Crippen LogP contribution >= 0.6 is 0 Å². The van der Waals surface area contributed by atoms with Gasteiger partial charge in [0.15, 0.2) is 0 Å². The molecule has 0 unspecified atom stereocenters. The molecule has 1 amide bonds. The van der Waals surface area contributed by atoms with Crippen LogP contribution in [0.3, 0.4) is 0 Å². The van der Waals surface area contributed by atoms with E-state index in [2.05, 4.69) is 31.1 Å². The molecule has 10 heteroatoms. The van der Waals surface area contributed by atoms with Crippen molar-refractivity contribution in [2.24, 2.45) is 0 Å². The fourth-order valence-electron chi connectivity index (χ4n) is 2.88. The second kappa shape index (κ2) is 8.19. The molecule has 3 N–H and O–H groups in total. The van der Waals surface area contributed by atoms with Crippen LogP contribution in [0.25, 0.3) is 10.8 Å². The Hall–Kier alpha value is -4.60. The summed E-state index contributed by atoms with van der Waals surface area (Å²) in [7, 11) is 0. The van der Waals surface area contributed by atoms with Crippen molar-refractivity contribution in [1.82, 2.24) is 20.4 Å². The topological polar surface area (TPSA) is 135 Å². The fraction of sp³-hybridized carbons (Fsp3) is 0. The number of carbonyl (C=O) groups excluding carboxylic acids is 1. The maximum Gasteiger partial charge on any atom is 0.355 e. The summed E-state index contributed by atoms with van der Waals surface area (Å²) in [6, 6.07) is 16.4. The van der Waals surface area contributed by atoms with Crippen LogP contribution in [-0.4, -0.2) is 25.8 Å². The van der Waals surface area contributed by atoms with Crippen LogP contribution in [0, 0.1) is 10.1 Å². The molecule has 0 aliphatic heterocycles. The molecule has 0 saturated carbocycles. The van der Waals surface area contributed by atoms with Crippen molar-refractivity contribution in [2.75, 3.05) is 10.7 Å². The number of hydrogen-bond acceptors (Lipinski definition) is 8. The molecule has 0 saturated heterocycles. The number of fused-ring (bicyclic) bond motifs is 1. The lowest BCUT2D eigenvalue weighted by Crippen LogP contribution is -2.30. The minimum absolute atomic E-state index is 0.00974. The quantitative estimate of drug-likeness (QED) is 0.330. The Morgan fingerprint density at radius 1 is 0.967 bits per heavy atom. The summed E-state index contributed by atoms with van der Waals surface area (Å²) in [5.41, 5.74) is 5.41. The Morgan fingerprint density at radius 3 is 2.57 bits per heavy atom. The van der Waals surface area contributed by atoms with E-state index in [4.69, 9.17) is 0 Å². The first-order chi connectivity index (χ1) is 14.6. The zero-order chi connectivity index (χ0) is 20.9. The molecule has 0 fully saturated rings. The molecule has 2 aromatic carbocycles. The van der Waals surface area contributed by atoms with E-state index in [9.17, 15) is 14.9 Å². The molecule has 0 aliphatic carbocycles. The van der Waals surface area contributed by atoms with Gasteiger partial charge in [-0.05, 0) is 23.6 Å². The van der Waals surface area contributed by atoms with Gasteiger partial charge in [-0.1, -0.05) is 36.4 Å². The lowest BCUT2D eigenvalue weighted by Gasteiger charge is -2.12. The number of rotatable bonds is 6. The third-order valence-electron chi connectivity index (χ3n) is 4.27. The average Bonchev–Trinajstić information content (AvgIpc) is 2.78. The van der Waals surface area contributed by atoms with E-state index >= 15 is 0 Å². The summed E-state index contributed by atoms with van der Waals surface area (Å²) in [6.07, 6.45) is 4.07. The zero-order valence-electron chi connectivity index (χ0n) is 15.4. The number of nitrogens with one attached hydrogen (secondary N) is 3. The number of hydrogen-bond donors (Lipinski definition) is 3. The smallest absolute Gasteiger partial charge is 0.334 e. The van der Waals surface area contributed by atoms with E-state index < -0.39 is 16.5 Å². The molecule has 4 aromatic rings. The molecule has 4 rings (SSSR count). The van der Waals surface area contributed by atoms with Gasteiger partial charge in [-0.3, -0.25) is 30.7 Å². The van der Waals surface area contributed by atoms with Gasteiger partial charge in [-0.15, -0.1) is 0 Å². The zero-order valence-corrected chi connectivity index (χ0v) is 15.4. The largest absolute Gasteiger partial charge is 0.355 e. The van der Waals surface area contributed by atoms with Gasteiger partial charge in [0.25, 0.3) is 5.91 Å². The normalized spacial score (nSPS) is 10.4. The summed E-state index contributed by atoms with van der Waals surface area (Å²) in [5, 5.41) is 16.6. The van der Waals surface area contributed by atoms with Gasteiger partial charge in [-0.25, -0.2) is 9.97 Å². The molecular weight excluding hydrogens is 386 g/mol. The number of hydrazine groups is 1. The maximum absolute atomic E-state index is 12.2. The van der Waals surface area contributed by atoms with Crippen molar-refractivity contribution in [2.45, 2.75) is 0 Å². The monoisotopic (exact) mass is 401 g/mol. The predicted molar refractivity (Wildman–Crippen MR) is 111 cm³/mol. The molecule has 0 aliphatic rings. The van der Waals surface area contributed by atoms with Gasteiger partial charge in [0.1, 0.15) is 6.33 Å². The molecule has 0 radical (unpaired) electrons. The van der Waals surface area contributed by atoms with Crippen molar-refractivity contribution in [1.29, 1.82) is 0 Å². The van der Waals surface area contributed by atoms with Crippen LogP contribution in [-0.2, 0) is 0 Å². The number of pyridine rings is 1. The van der Waals surface area contributed by atoms with Crippen LogP contribution in [0.1, 0.15) is 10.4 Å². The SMILES string of the molecule is O=C(NNc1ncnc(Nc2cccc3ccccc23)c1[N+](=O)[O-])c1cccnc1. The molecule has 0 bridgehead atoms. The summed E-state index contributed by atoms with van der Waals surface area (Å²) >= 11 is 0. The molecule has 0 atom stereocenters. The molecule has 0 spiro atoms. The number of nitrogens with zero attached hydrogens (tertiary/aromatic N) is 4. The fourth-order valence-corrected chi connectivity index (χ4v) is 2.88. The van der Waals surface area contributed by atoms with Crippen molar-refractivity contribution in [3.63, 3.8) is 0 Å². The number of amides is 1. The van der Waals surface area contributed by atoms with Gasteiger partial charge in [-0.2, -0.15) is 0 Å². The highest BCUT2D eigenvalue weighted by Crippen LogP contribution is 2.33. The molecule has 30 heavy (non-hydrogen) atoms. The van der Waals surface area contributed by atoms with Crippen molar-refractivity contribution >= 4 is 39.7 Å². The van der Waals surface area contributed by atoms with E-state index in [1.54, 1.807) is 18.2 Å². The molecule has 148 valence electrons. The standard InChI is InChI=1S/C20H15N7O3/c28-20(14-7-4-10-21-11-14)26-25-19-17(27(29)30)18(22-12-23-19)24-16-9-3-6-13-5-1-2-8-15(13)16/h1-12H,(H,26,28)(H2,22,23,24,25). The molecule has 2 aromatic heterocycles. The predicted octanol–water partition coefficient (Wildman–Crippen LogP) is 3.43. The second-order valence-electron chi connectivity index (χ2n) is 6.15. The summed E-state index contributed by atoms with van der Waals surface area (Å²) in [5.74, 6) is -0.681. The van der Waals surface area contributed by atoms with Crippen molar-refractivity contribution < 1.29 is 9.72 Å². The second-order valence-corrected chi connectivity index (χ2v) is 6.15. The van der Waals surface area contributed by atoms with Gasteiger partial charge in [0.05, 0.1) is 10.5 Å². The van der Waals surface area contributed by atoms with Crippen LogP contribution in [0.4, 0.5) is 23.0 Å². The van der Waals surface area contributed by atoms with Gasteiger partial charge in [0, 0.05) is 23.5 Å². The van der Waals surface area contributed by atoms with E-state index in [1.807, 2.05) is 36.4 Å². The maximum atomic E-state index is 12.2. The Bertz CT molecular complexity index is 1230. The Morgan fingerprint density at radius 2 is 1.77 bits per heavy atom. The van der Waals surface area contributed by atoms with Crippen molar-refractivity contribution in [3.05, 3.63) is 89.0 Å².